The average molecular weight is 294 g/mol. The first kappa shape index (κ1) is 14.4. The molecule has 4 atom stereocenters. The summed E-state index contributed by atoms with van der Waals surface area (Å²) in [5.74, 6) is 0.0851. The van der Waals surface area contributed by atoms with Crippen LogP contribution in [0.4, 0.5) is 5.69 Å². The Balaban J connectivity index is 1.89. The molecule has 2 heterocycles. The normalized spacial score (nSPS) is 33.4. The highest BCUT2D eigenvalue weighted by Crippen LogP contribution is 2.40. The Hall–Kier alpha value is -1.54. The van der Waals surface area contributed by atoms with Crippen LogP contribution in [0.1, 0.15) is 18.5 Å². The number of hydroxylamine groups is 2. The van der Waals surface area contributed by atoms with Gasteiger partial charge in [0.1, 0.15) is 6.10 Å². The third kappa shape index (κ3) is 2.77. The highest BCUT2D eigenvalue weighted by atomic mass is 16.7. The zero-order valence-electron chi connectivity index (χ0n) is 12.0. The van der Waals surface area contributed by atoms with E-state index < -0.39 is 0 Å². The minimum absolute atomic E-state index is 0.0798. The standard InChI is InChI=1S/C14H18N2O5/c1-9-19-7-12-13(8-20-9)21-15(2)14(12)10-4-3-5-11(6-10)16(17)18/h3-6,9,12-14H,7-8H2,1-2H3. The number of nitro groups is 1. The Morgan fingerprint density at radius 3 is 2.86 bits per heavy atom. The second-order valence-electron chi connectivity index (χ2n) is 5.39. The fourth-order valence-electron chi connectivity index (χ4n) is 2.99. The fraction of sp³-hybridized carbons (Fsp3) is 0.571. The lowest BCUT2D eigenvalue weighted by molar-refractivity contribution is -0.385. The molecule has 7 nitrogen and oxygen atoms in total. The topological polar surface area (TPSA) is 74.1 Å². The maximum atomic E-state index is 10.9. The molecule has 2 fully saturated rings. The lowest BCUT2D eigenvalue weighted by atomic mass is 9.90. The van der Waals surface area contributed by atoms with Crippen molar-refractivity contribution in [3.05, 3.63) is 39.9 Å². The molecule has 7 heteroatoms. The number of nitro benzene ring substituents is 1. The number of fused-ring (bicyclic) bond motifs is 1. The van der Waals surface area contributed by atoms with Gasteiger partial charge in [0, 0.05) is 25.1 Å². The van der Waals surface area contributed by atoms with Gasteiger partial charge in [0.25, 0.3) is 5.69 Å². The van der Waals surface area contributed by atoms with Gasteiger partial charge in [-0.25, -0.2) is 0 Å². The second kappa shape index (κ2) is 5.69. The molecule has 0 bridgehead atoms. The lowest BCUT2D eigenvalue weighted by Crippen LogP contribution is -2.25. The van der Waals surface area contributed by atoms with Gasteiger partial charge in [-0.1, -0.05) is 12.1 Å². The van der Waals surface area contributed by atoms with Crippen LogP contribution in [-0.2, 0) is 14.3 Å². The second-order valence-corrected chi connectivity index (χ2v) is 5.39. The molecule has 0 radical (unpaired) electrons. The summed E-state index contributed by atoms with van der Waals surface area (Å²) in [5, 5.41) is 12.7. The third-order valence-electron chi connectivity index (χ3n) is 4.02. The summed E-state index contributed by atoms with van der Waals surface area (Å²) in [6.45, 7) is 2.82. The number of rotatable bonds is 2. The Labute approximate surface area is 122 Å². The van der Waals surface area contributed by atoms with Crippen molar-refractivity contribution in [3.8, 4) is 0 Å². The highest BCUT2D eigenvalue weighted by Gasteiger charge is 2.44. The van der Waals surface area contributed by atoms with E-state index in [0.717, 1.165) is 5.56 Å². The number of benzene rings is 1. The smallest absolute Gasteiger partial charge is 0.269 e. The van der Waals surface area contributed by atoms with Gasteiger partial charge in [0.05, 0.1) is 24.2 Å². The number of nitrogens with zero attached hydrogens (tertiary/aromatic N) is 2. The number of ether oxygens (including phenoxy) is 2. The molecular formula is C14H18N2O5. The minimum Gasteiger partial charge on any atom is -0.353 e. The van der Waals surface area contributed by atoms with Crippen molar-refractivity contribution < 1.29 is 19.2 Å². The van der Waals surface area contributed by atoms with E-state index in [4.69, 9.17) is 14.3 Å². The van der Waals surface area contributed by atoms with E-state index in [1.54, 1.807) is 17.2 Å². The molecule has 2 aliphatic heterocycles. The van der Waals surface area contributed by atoms with Crippen LogP contribution in [0.25, 0.3) is 0 Å². The first-order valence-corrected chi connectivity index (χ1v) is 6.93. The van der Waals surface area contributed by atoms with Gasteiger partial charge < -0.3 is 9.47 Å². The van der Waals surface area contributed by atoms with Crippen LogP contribution in [0.3, 0.4) is 0 Å². The Bertz CT molecular complexity index is 538. The molecule has 0 amide bonds. The van der Waals surface area contributed by atoms with Crippen LogP contribution in [0, 0.1) is 16.0 Å². The summed E-state index contributed by atoms with van der Waals surface area (Å²) < 4.78 is 11.2. The van der Waals surface area contributed by atoms with Crippen molar-refractivity contribution in [1.82, 2.24) is 5.06 Å². The number of hydrogen-bond donors (Lipinski definition) is 0. The Kier molecular flexibility index (Phi) is 3.90. The lowest BCUT2D eigenvalue weighted by Gasteiger charge is -2.23. The maximum absolute atomic E-state index is 10.9. The zero-order valence-corrected chi connectivity index (χ0v) is 12.0. The summed E-state index contributed by atoms with van der Waals surface area (Å²) >= 11 is 0. The molecule has 2 saturated heterocycles. The first-order chi connectivity index (χ1) is 10.1. The zero-order chi connectivity index (χ0) is 15.0. The molecule has 0 aliphatic carbocycles. The molecule has 114 valence electrons. The Morgan fingerprint density at radius 2 is 2.10 bits per heavy atom. The summed E-state index contributed by atoms with van der Waals surface area (Å²) in [5.41, 5.74) is 0.945. The molecule has 1 aromatic carbocycles. The van der Waals surface area contributed by atoms with Gasteiger partial charge in [-0.05, 0) is 12.5 Å². The third-order valence-corrected chi connectivity index (χ3v) is 4.02. The van der Waals surface area contributed by atoms with E-state index in [1.165, 1.54) is 6.07 Å². The van der Waals surface area contributed by atoms with E-state index in [1.807, 2.05) is 20.0 Å². The van der Waals surface area contributed by atoms with Gasteiger partial charge >= 0.3 is 0 Å². The highest BCUT2D eigenvalue weighted by molar-refractivity contribution is 5.36. The predicted octanol–water partition coefficient (Wildman–Crippen LogP) is 1.89. The number of hydrogen-bond acceptors (Lipinski definition) is 6. The van der Waals surface area contributed by atoms with Crippen molar-refractivity contribution in [3.63, 3.8) is 0 Å². The minimum atomic E-state index is -0.383. The van der Waals surface area contributed by atoms with Gasteiger partial charge in [0.15, 0.2) is 6.29 Å². The van der Waals surface area contributed by atoms with Gasteiger partial charge in [0.2, 0.25) is 0 Å². The molecule has 0 aromatic heterocycles. The summed E-state index contributed by atoms with van der Waals surface area (Å²) in [4.78, 5) is 16.4. The van der Waals surface area contributed by atoms with E-state index >= 15 is 0 Å². The summed E-state index contributed by atoms with van der Waals surface area (Å²) in [6, 6.07) is 6.59. The van der Waals surface area contributed by atoms with E-state index in [-0.39, 0.29) is 35.0 Å². The van der Waals surface area contributed by atoms with Crippen LogP contribution in [-0.4, -0.2) is 42.6 Å². The van der Waals surface area contributed by atoms with Crippen LogP contribution in [0.2, 0.25) is 0 Å². The predicted molar refractivity (Wildman–Crippen MR) is 73.3 cm³/mol. The van der Waals surface area contributed by atoms with E-state index in [9.17, 15) is 10.1 Å². The molecule has 0 N–H and O–H groups in total. The summed E-state index contributed by atoms with van der Waals surface area (Å²) in [7, 11) is 1.83. The molecular weight excluding hydrogens is 276 g/mol. The number of non-ortho nitro benzene ring substituents is 1. The van der Waals surface area contributed by atoms with Crippen LogP contribution in [0.15, 0.2) is 24.3 Å². The largest absolute Gasteiger partial charge is 0.353 e. The monoisotopic (exact) mass is 294 g/mol. The van der Waals surface area contributed by atoms with Crippen molar-refractivity contribution in [1.29, 1.82) is 0 Å². The van der Waals surface area contributed by atoms with Crippen molar-refractivity contribution >= 4 is 5.69 Å². The molecule has 0 spiro atoms. The van der Waals surface area contributed by atoms with E-state index in [0.29, 0.717) is 13.2 Å². The molecule has 21 heavy (non-hydrogen) atoms. The Morgan fingerprint density at radius 1 is 1.33 bits per heavy atom. The molecule has 4 unspecified atom stereocenters. The SMILES string of the molecule is CC1OCC2ON(C)C(c3cccc([N+](=O)[O-])c3)C2CO1. The fourth-order valence-corrected chi connectivity index (χ4v) is 2.99. The maximum Gasteiger partial charge on any atom is 0.269 e. The van der Waals surface area contributed by atoms with Crippen LogP contribution in [0.5, 0.6) is 0 Å². The van der Waals surface area contributed by atoms with Crippen molar-refractivity contribution in [2.75, 3.05) is 20.3 Å². The van der Waals surface area contributed by atoms with E-state index in [2.05, 4.69) is 0 Å². The molecule has 2 aliphatic rings. The quantitative estimate of drug-likeness (QED) is 0.612. The van der Waals surface area contributed by atoms with Crippen molar-refractivity contribution in [2.24, 2.45) is 5.92 Å². The molecule has 1 aromatic rings. The van der Waals surface area contributed by atoms with Crippen molar-refractivity contribution in [2.45, 2.75) is 25.4 Å². The van der Waals surface area contributed by atoms with Gasteiger partial charge in [-0.2, -0.15) is 5.06 Å². The summed E-state index contributed by atoms with van der Waals surface area (Å²) in [6.07, 6.45) is -0.348. The first-order valence-electron chi connectivity index (χ1n) is 6.93. The average Bonchev–Trinajstić information content (AvgIpc) is 2.68. The van der Waals surface area contributed by atoms with Gasteiger partial charge in [-0.3, -0.25) is 15.0 Å². The molecule has 0 saturated carbocycles. The van der Waals surface area contributed by atoms with Crippen LogP contribution < -0.4 is 0 Å². The van der Waals surface area contributed by atoms with Crippen LogP contribution >= 0.6 is 0 Å². The van der Waals surface area contributed by atoms with Gasteiger partial charge in [-0.15, -0.1) is 0 Å². The molecule has 3 rings (SSSR count).